The molecule has 0 atom stereocenters. The minimum Gasteiger partial charge on any atom is -0.311 e. The van der Waals surface area contributed by atoms with Crippen LogP contribution in [0.25, 0.3) is 39.0 Å². The van der Waals surface area contributed by atoms with Crippen molar-refractivity contribution < 1.29 is 4.79 Å². The Balaban J connectivity index is 1.73. The molecule has 0 aliphatic rings. The molecular weight excluding hydrogens is 432 g/mol. The summed E-state index contributed by atoms with van der Waals surface area (Å²) in [5.74, 6) is -0.364. The Morgan fingerprint density at radius 2 is 1.76 bits per heavy atom. The molecule has 2 aromatic heterocycles. The molecule has 5 heteroatoms. The first kappa shape index (κ1) is 20.9. The fourth-order valence-electron chi connectivity index (χ4n) is 4.17. The summed E-state index contributed by atoms with van der Waals surface area (Å²) >= 11 is 6.31. The monoisotopic (exact) mass is 450 g/mol. The number of carbonyl (C=O) groups excluding carboxylic acids is 1. The van der Waals surface area contributed by atoms with E-state index < -0.39 is 0 Å². The van der Waals surface area contributed by atoms with Crippen LogP contribution < -0.4 is 5.56 Å². The van der Waals surface area contributed by atoms with Gasteiger partial charge < -0.3 is 4.57 Å². The van der Waals surface area contributed by atoms with Crippen molar-refractivity contribution in [2.24, 2.45) is 7.05 Å². The second-order valence-corrected chi connectivity index (χ2v) is 8.19. The van der Waals surface area contributed by atoms with Gasteiger partial charge in [0.1, 0.15) is 0 Å². The van der Waals surface area contributed by atoms with Gasteiger partial charge >= 0.3 is 0 Å². The molecule has 4 nitrogen and oxygen atoms in total. The van der Waals surface area contributed by atoms with Gasteiger partial charge in [0.25, 0.3) is 5.56 Å². The molecule has 160 valence electrons. The third kappa shape index (κ3) is 3.75. The summed E-state index contributed by atoms with van der Waals surface area (Å²) in [6.07, 6.45) is 4.93. The number of aryl methyl sites for hydroxylation is 1. The second kappa shape index (κ2) is 8.49. The van der Waals surface area contributed by atoms with Crippen LogP contribution in [0.5, 0.6) is 0 Å². The normalized spacial score (nSPS) is 11.5. The zero-order valence-electron chi connectivity index (χ0n) is 17.8. The third-order valence-electron chi connectivity index (χ3n) is 5.76. The lowest BCUT2D eigenvalue weighted by molar-refractivity contribution is 0.104. The molecule has 0 unspecified atom stereocenters. The molecule has 5 aromatic rings. The van der Waals surface area contributed by atoms with Gasteiger partial charge in [0, 0.05) is 34.6 Å². The van der Waals surface area contributed by atoms with Crippen molar-refractivity contribution in [3.05, 3.63) is 118 Å². The predicted molar refractivity (Wildman–Crippen MR) is 135 cm³/mol. The molecule has 0 aliphatic carbocycles. The summed E-state index contributed by atoms with van der Waals surface area (Å²) in [7, 11) is 1.67. The Morgan fingerprint density at radius 1 is 0.939 bits per heavy atom. The quantitative estimate of drug-likeness (QED) is 0.238. The van der Waals surface area contributed by atoms with Gasteiger partial charge in [-0.3, -0.25) is 14.6 Å². The predicted octanol–water partition coefficient (Wildman–Crippen LogP) is 6.30. The van der Waals surface area contributed by atoms with Crippen LogP contribution in [-0.2, 0) is 7.05 Å². The van der Waals surface area contributed by atoms with Crippen molar-refractivity contribution in [1.82, 2.24) is 9.55 Å². The Bertz CT molecular complexity index is 1610. The van der Waals surface area contributed by atoms with Crippen molar-refractivity contribution >= 4 is 45.3 Å². The van der Waals surface area contributed by atoms with E-state index >= 15 is 0 Å². The molecule has 0 fully saturated rings. The van der Waals surface area contributed by atoms with Crippen molar-refractivity contribution in [1.29, 1.82) is 0 Å². The molecule has 0 saturated carbocycles. The first-order valence-corrected chi connectivity index (χ1v) is 10.9. The van der Waals surface area contributed by atoms with E-state index in [-0.39, 0.29) is 16.9 Å². The number of halogens is 1. The summed E-state index contributed by atoms with van der Waals surface area (Å²) in [6.45, 7) is 0. The second-order valence-electron chi connectivity index (χ2n) is 7.76. The summed E-state index contributed by atoms with van der Waals surface area (Å²) < 4.78 is 1.50. The number of ketones is 1. The van der Waals surface area contributed by atoms with Crippen LogP contribution in [0.4, 0.5) is 0 Å². The highest BCUT2D eigenvalue weighted by Gasteiger charge is 2.21. The maximum atomic E-state index is 13.5. The number of allylic oxidation sites excluding steroid dienone is 1. The SMILES string of the molecule is Cn1c(=O)c(C(=O)/C=C\c2cccc3ncccc23)c(-c2ccccc2)c2cc(Cl)ccc21. The highest BCUT2D eigenvalue weighted by molar-refractivity contribution is 6.31. The molecule has 0 spiro atoms. The molecule has 0 N–H and O–H groups in total. The molecule has 0 bridgehead atoms. The van der Waals surface area contributed by atoms with Crippen molar-refractivity contribution in [3.8, 4) is 11.1 Å². The Labute approximate surface area is 195 Å². The molecule has 0 amide bonds. The van der Waals surface area contributed by atoms with Gasteiger partial charge in [0.05, 0.1) is 16.6 Å². The zero-order chi connectivity index (χ0) is 22.9. The number of hydrogen-bond donors (Lipinski definition) is 0. The van der Waals surface area contributed by atoms with E-state index in [1.807, 2.05) is 60.7 Å². The van der Waals surface area contributed by atoms with Crippen LogP contribution in [0, 0.1) is 0 Å². The maximum Gasteiger partial charge on any atom is 0.262 e. The number of hydrogen-bond acceptors (Lipinski definition) is 3. The zero-order valence-corrected chi connectivity index (χ0v) is 18.6. The van der Waals surface area contributed by atoms with Gasteiger partial charge in [0.2, 0.25) is 0 Å². The minimum absolute atomic E-state index is 0.119. The molecule has 0 radical (unpaired) electrons. The van der Waals surface area contributed by atoms with Crippen LogP contribution in [0.3, 0.4) is 0 Å². The number of pyridine rings is 2. The van der Waals surface area contributed by atoms with Crippen LogP contribution in [0.1, 0.15) is 15.9 Å². The number of aromatic nitrogens is 2. The van der Waals surface area contributed by atoms with Crippen LogP contribution in [0.15, 0.2) is 95.9 Å². The Morgan fingerprint density at radius 3 is 2.58 bits per heavy atom. The topological polar surface area (TPSA) is 52.0 Å². The highest BCUT2D eigenvalue weighted by atomic mass is 35.5. The fraction of sp³-hybridized carbons (Fsp3) is 0.0357. The largest absolute Gasteiger partial charge is 0.311 e. The Kier molecular flexibility index (Phi) is 5.37. The average Bonchev–Trinajstić information content (AvgIpc) is 2.85. The third-order valence-corrected chi connectivity index (χ3v) is 6.00. The summed E-state index contributed by atoms with van der Waals surface area (Å²) in [4.78, 5) is 31.3. The van der Waals surface area contributed by atoms with Crippen LogP contribution in [-0.4, -0.2) is 15.3 Å². The summed E-state index contributed by atoms with van der Waals surface area (Å²) in [5.41, 5.74) is 3.55. The lowest BCUT2D eigenvalue weighted by Gasteiger charge is -2.15. The molecular formula is C28H19ClN2O2. The lowest BCUT2D eigenvalue weighted by Crippen LogP contribution is -2.25. The van der Waals surface area contributed by atoms with E-state index in [1.54, 1.807) is 37.5 Å². The van der Waals surface area contributed by atoms with Gasteiger partial charge in [0.15, 0.2) is 5.78 Å². The summed E-state index contributed by atoms with van der Waals surface area (Å²) in [5, 5.41) is 2.22. The molecule has 5 rings (SSSR count). The van der Waals surface area contributed by atoms with E-state index in [9.17, 15) is 9.59 Å². The van der Waals surface area contributed by atoms with Gasteiger partial charge in [-0.2, -0.15) is 0 Å². The van der Waals surface area contributed by atoms with Gasteiger partial charge in [-0.25, -0.2) is 0 Å². The molecule has 3 aromatic carbocycles. The van der Waals surface area contributed by atoms with Crippen molar-refractivity contribution in [2.75, 3.05) is 0 Å². The lowest BCUT2D eigenvalue weighted by atomic mass is 9.93. The van der Waals surface area contributed by atoms with E-state index in [0.29, 0.717) is 16.1 Å². The van der Waals surface area contributed by atoms with Gasteiger partial charge in [-0.05, 0) is 47.5 Å². The molecule has 0 aliphatic heterocycles. The number of benzene rings is 3. The number of nitrogens with zero attached hydrogens (tertiary/aromatic N) is 2. The molecule has 33 heavy (non-hydrogen) atoms. The number of fused-ring (bicyclic) bond motifs is 2. The molecule has 0 saturated heterocycles. The van der Waals surface area contributed by atoms with Crippen LogP contribution >= 0.6 is 11.6 Å². The van der Waals surface area contributed by atoms with E-state index in [1.165, 1.54) is 10.6 Å². The van der Waals surface area contributed by atoms with E-state index in [4.69, 9.17) is 11.6 Å². The van der Waals surface area contributed by atoms with Crippen molar-refractivity contribution in [3.63, 3.8) is 0 Å². The highest BCUT2D eigenvalue weighted by Crippen LogP contribution is 2.32. The first-order chi connectivity index (χ1) is 16.0. The summed E-state index contributed by atoms with van der Waals surface area (Å²) in [6, 6.07) is 24.4. The number of carbonyl (C=O) groups is 1. The first-order valence-electron chi connectivity index (χ1n) is 10.5. The standard InChI is InChI=1S/C28H19ClN2O2/c1-31-24-14-13-20(29)17-22(24)26(19-7-3-2-4-8-19)27(28(31)33)25(32)15-12-18-9-5-11-23-21(18)10-6-16-30-23/h2-17H,1H3/b15-12-. The van der Waals surface area contributed by atoms with E-state index in [0.717, 1.165) is 27.4 Å². The average molecular weight is 451 g/mol. The van der Waals surface area contributed by atoms with Gasteiger partial charge in [-0.15, -0.1) is 0 Å². The fourth-order valence-corrected chi connectivity index (χ4v) is 4.35. The van der Waals surface area contributed by atoms with Crippen LogP contribution in [0.2, 0.25) is 5.02 Å². The van der Waals surface area contributed by atoms with E-state index in [2.05, 4.69) is 4.98 Å². The van der Waals surface area contributed by atoms with Crippen molar-refractivity contribution in [2.45, 2.75) is 0 Å². The molecule has 2 heterocycles. The maximum absolute atomic E-state index is 13.5. The van der Waals surface area contributed by atoms with Gasteiger partial charge in [-0.1, -0.05) is 66.2 Å². The Hall–Kier alpha value is -4.02. The minimum atomic E-state index is -0.364. The number of rotatable bonds is 4. The smallest absolute Gasteiger partial charge is 0.262 e.